The number of hydrogen-bond donors (Lipinski definition) is 1. The number of hydrogen-bond acceptors (Lipinski definition) is 4. The van der Waals surface area contributed by atoms with Gasteiger partial charge in [0.2, 0.25) is 0 Å². The van der Waals surface area contributed by atoms with E-state index >= 15 is 0 Å². The summed E-state index contributed by atoms with van der Waals surface area (Å²) < 4.78 is 6.15. The highest BCUT2D eigenvalue weighted by Crippen LogP contribution is 2.22. The van der Waals surface area contributed by atoms with Crippen molar-refractivity contribution < 1.29 is 9.53 Å². The van der Waals surface area contributed by atoms with E-state index in [-0.39, 0.29) is 0 Å². The van der Waals surface area contributed by atoms with Crippen molar-refractivity contribution in [1.29, 1.82) is 0 Å². The van der Waals surface area contributed by atoms with Gasteiger partial charge in [0.1, 0.15) is 17.7 Å². The first kappa shape index (κ1) is 15.4. The van der Waals surface area contributed by atoms with Crippen molar-refractivity contribution in [2.75, 3.05) is 5.32 Å². The van der Waals surface area contributed by atoms with Crippen molar-refractivity contribution in [3.8, 4) is 11.3 Å². The summed E-state index contributed by atoms with van der Waals surface area (Å²) in [5.41, 5.74) is 1.10. The van der Waals surface area contributed by atoms with Crippen LogP contribution in [0.25, 0.3) is 11.3 Å². The molecule has 110 valence electrons. The van der Waals surface area contributed by atoms with Crippen LogP contribution in [-0.4, -0.2) is 21.7 Å². The van der Waals surface area contributed by atoms with Crippen LogP contribution >= 0.6 is 15.9 Å². The quantitative estimate of drug-likeness (QED) is 0.879. The maximum absolute atomic E-state index is 11.7. The Morgan fingerprint density at radius 2 is 2.00 bits per heavy atom. The summed E-state index contributed by atoms with van der Waals surface area (Å²) in [5, 5.41) is 2.60. The summed E-state index contributed by atoms with van der Waals surface area (Å²) in [5.74, 6) is 0.397. The molecule has 1 heterocycles. The van der Waals surface area contributed by atoms with Gasteiger partial charge in [0.25, 0.3) is 0 Å². The van der Waals surface area contributed by atoms with E-state index in [1.54, 1.807) is 26.8 Å². The van der Waals surface area contributed by atoms with Crippen LogP contribution < -0.4 is 5.32 Å². The highest BCUT2D eigenvalue weighted by molar-refractivity contribution is 9.10. The lowest BCUT2D eigenvalue weighted by molar-refractivity contribution is 0.0635. The number of benzene rings is 1. The Labute approximate surface area is 131 Å². The van der Waals surface area contributed by atoms with Crippen molar-refractivity contribution in [1.82, 2.24) is 9.97 Å². The molecule has 1 amide bonds. The monoisotopic (exact) mass is 349 g/mol. The third-order valence-electron chi connectivity index (χ3n) is 2.42. The van der Waals surface area contributed by atoms with Gasteiger partial charge >= 0.3 is 6.09 Å². The standard InChI is InChI=1S/C15H16BrN3O2/c1-15(2,3)21-14(20)19-13-8-12(17-9-18-13)10-5-4-6-11(16)7-10/h4-9H,1-3H3,(H,17,18,19,20). The summed E-state index contributed by atoms with van der Waals surface area (Å²) in [6.07, 6.45) is 0.865. The molecular weight excluding hydrogens is 334 g/mol. The Morgan fingerprint density at radius 3 is 2.67 bits per heavy atom. The first-order valence-electron chi connectivity index (χ1n) is 6.41. The van der Waals surface area contributed by atoms with Crippen molar-refractivity contribution in [2.45, 2.75) is 26.4 Å². The fourth-order valence-electron chi connectivity index (χ4n) is 1.64. The molecule has 1 N–H and O–H groups in total. The second-order valence-electron chi connectivity index (χ2n) is 5.43. The number of anilines is 1. The van der Waals surface area contributed by atoms with Gasteiger partial charge in [0.05, 0.1) is 5.69 Å². The van der Waals surface area contributed by atoms with Crippen LogP contribution in [0.3, 0.4) is 0 Å². The van der Waals surface area contributed by atoms with E-state index in [0.29, 0.717) is 5.82 Å². The maximum atomic E-state index is 11.7. The van der Waals surface area contributed by atoms with Crippen LogP contribution in [0.5, 0.6) is 0 Å². The molecule has 0 unspecified atom stereocenters. The Hall–Kier alpha value is -1.95. The molecule has 0 fully saturated rings. The molecule has 0 aliphatic heterocycles. The SMILES string of the molecule is CC(C)(C)OC(=O)Nc1cc(-c2cccc(Br)c2)ncn1. The molecule has 0 radical (unpaired) electrons. The highest BCUT2D eigenvalue weighted by atomic mass is 79.9. The van der Waals surface area contributed by atoms with Crippen molar-refractivity contribution in [3.05, 3.63) is 41.1 Å². The van der Waals surface area contributed by atoms with Crippen LogP contribution in [0, 0.1) is 0 Å². The third-order valence-corrected chi connectivity index (χ3v) is 2.91. The van der Waals surface area contributed by atoms with E-state index in [1.165, 1.54) is 6.33 Å². The number of carbonyl (C=O) groups is 1. The first-order valence-corrected chi connectivity index (χ1v) is 7.21. The smallest absolute Gasteiger partial charge is 0.413 e. The first-order chi connectivity index (χ1) is 9.83. The van der Waals surface area contributed by atoms with Gasteiger partial charge in [-0.3, -0.25) is 5.32 Å². The average Bonchev–Trinajstić information content (AvgIpc) is 2.36. The topological polar surface area (TPSA) is 64.1 Å². The minimum Gasteiger partial charge on any atom is -0.444 e. The van der Waals surface area contributed by atoms with E-state index in [2.05, 4.69) is 31.2 Å². The highest BCUT2D eigenvalue weighted by Gasteiger charge is 2.16. The van der Waals surface area contributed by atoms with Crippen LogP contribution in [0.4, 0.5) is 10.6 Å². The fourth-order valence-corrected chi connectivity index (χ4v) is 2.04. The molecule has 0 saturated heterocycles. The molecule has 1 aromatic heterocycles. The predicted octanol–water partition coefficient (Wildman–Crippen LogP) is 4.25. The van der Waals surface area contributed by atoms with Gasteiger partial charge in [-0.1, -0.05) is 28.1 Å². The summed E-state index contributed by atoms with van der Waals surface area (Å²) in [6, 6.07) is 9.43. The van der Waals surface area contributed by atoms with Crippen LogP contribution in [0.15, 0.2) is 41.1 Å². The Balaban J connectivity index is 2.17. The second kappa shape index (κ2) is 6.22. The zero-order chi connectivity index (χ0) is 15.5. The zero-order valence-electron chi connectivity index (χ0n) is 12.1. The largest absolute Gasteiger partial charge is 0.444 e. The lowest BCUT2D eigenvalue weighted by Gasteiger charge is -2.19. The molecule has 0 spiro atoms. The van der Waals surface area contributed by atoms with E-state index in [4.69, 9.17) is 4.74 Å². The number of rotatable bonds is 2. The molecule has 0 saturated carbocycles. The molecule has 6 heteroatoms. The molecule has 2 aromatic rings. The van der Waals surface area contributed by atoms with Crippen molar-refractivity contribution >= 4 is 27.8 Å². The molecule has 0 atom stereocenters. The Morgan fingerprint density at radius 1 is 1.24 bits per heavy atom. The average molecular weight is 350 g/mol. The van der Waals surface area contributed by atoms with Crippen molar-refractivity contribution in [3.63, 3.8) is 0 Å². The normalized spacial score (nSPS) is 11.0. The molecule has 2 rings (SSSR count). The molecule has 0 aliphatic carbocycles. The minimum atomic E-state index is -0.551. The van der Waals surface area contributed by atoms with Gasteiger partial charge in [-0.25, -0.2) is 14.8 Å². The molecule has 1 aromatic carbocycles. The number of ether oxygens (including phenoxy) is 1. The molecule has 5 nitrogen and oxygen atoms in total. The lowest BCUT2D eigenvalue weighted by Crippen LogP contribution is -2.27. The van der Waals surface area contributed by atoms with Crippen LogP contribution in [0.2, 0.25) is 0 Å². The molecule has 21 heavy (non-hydrogen) atoms. The van der Waals surface area contributed by atoms with E-state index in [0.717, 1.165) is 15.7 Å². The van der Waals surface area contributed by atoms with Gasteiger partial charge in [-0.05, 0) is 32.9 Å². The molecule has 0 aliphatic rings. The number of nitrogens with one attached hydrogen (secondary N) is 1. The van der Waals surface area contributed by atoms with Crippen molar-refractivity contribution in [2.24, 2.45) is 0 Å². The molecular formula is C15H16BrN3O2. The predicted molar refractivity (Wildman–Crippen MR) is 85.0 cm³/mol. The Bertz CT molecular complexity index is 653. The van der Waals surface area contributed by atoms with Gasteiger partial charge < -0.3 is 4.74 Å². The zero-order valence-corrected chi connectivity index (χ0v) is 13.6. The van der Waals surface area contributed by atoms with Crippen LogP contribution in [0.1, 0.15) is 20.8 Å². The van der Waals surface area contributed by atoms with E-state index in [1.807, 2.05) is 24.3 Å². The van der Waals surface area contributed by atoms with E-state index in [9.17, 15) is 4.79 Å². The fraction of sp³-hybridized carbons (Fsp3) is 0.267. The van der Waals surface area contributed by atoms with Crippen LogP contribution in [-0.2, 0) is 4.74 Å². The second-order valence-corrected chi connectivity index (χ2v) is 6.34. The number of amides is 1. The maximum Gasteiger partial charge on any atom is 0.413 e. The minimum absolute atomic E-state index is 0.397. The molecule has 0 bridgehead atoms. The van der Waals surface area contributed by atoms with Gasteiger partial charge in [-0.15, -0.1) is 0 Å². The summed E-state index contributed by atoms with van der Waals surface area (Å²) in [4.78, 5) is 20.0. The third kappa shape index (κ3) is 4.82. The van der Waals surface area contributed by atoms with Gasteiger partial charge in [0, 0.05) is 16.1 Å². The van der Waals surface area contributed by atoms with Gasteiger partial charge in [0.15, 0.2) is 0 Å². The lowest BCUT2D eigenvalue weighted by atomic mass is 10.1. The number of carbonyl (C=O) groups excluding carboxylic acids is 1. The Kier molecular flexibility index (Phi) is 4.57. The summed E-state index contributed by atoms with van der Waals surface area (Å²) >= 11 is 3.42. The summed E-state index contributed by atoms with van der Waals surface area (Å²) in [6.45, 7) is 5.42. The number of nitrogens with zero attached hydrogens (tertiary/aromatic N) is 2. The summed E-state index contributed by atoms with van der Waals surface area (Å²) in [7, 11) is 0. The number of aromatic nitrogens is 2. The van der Waals surface area contributed by atoms with Gasteiger partial charge in [-0.2, -0.15) is 0 Å². The van der Waals surface area contributed by atoms with E-state index < -0.39 is 11.7 Å². The number of halogens is 1.